The zero-order chi connectivity index (χ0) is 20.3. The fraction of sp³-hybridized carbons (Fsp3) is 0.292. The van der Waals surface area contributed by atoms with E-state index in [0.717, 1.165) is 50.6 Å². The van der Waals surface area contributed by atoms with E-state index in [2.05, 4.69) is 56.4 Å². The molecule has 3 aromatic rings. The number of aromatic nitrogens is 2. The molecule has 5 rings (SSSR count). The number of fused-ring (bicyclic) bond motifs is 1. The van der Waals surface area contributed by atoms with Gasteiger partial charge in [0.15, 0.2) is 11.5 Å². The van der Waals surface area contributed by atoms with Gasteiger partial charge in [0.1, 0.15) is 0 Å². The molecule has 0 atom stereocenters. The average molecular weight is 399 g/mol. The van der Waals surface area contributed by atoms with E-state index in [4.69, 9.17) is 0 Å². The van der Waals surface area contributed by atoms with Crippen LogP contribution < -0.4 is 9.80 Å². The number of carbonyl (C=O) groups is 1. The largest absolute Gasteiger partial charge is 0.353 e. The van der Waals surface area contributed by atoms with Crippen LogP contribution in [0.3, 0.4) is 0 Å². The van der Waals surface area contributed by atoms with Gasteiger partial charge >= 0.3 is 0 Å². The van der Waals surface area contributed by atoms with Crippen LogP contribution in [0.25, 0.3) is 0 Å². The van der Waals surface area contributed by atoms with Crippen molar-refractivity contribution in [3.05, 3.63) is 83.6 Å². The van der Waals surface area contributed by atoms with Gasteiger partial charge in [-0.05, 0) is 35.7 Å². The summed E-state index contributed by atoms with van der Waals surface area (Å²) in [6, 6.07) is 22.4. The molecule has 2 aliphatic rings. The van der Waals surface area contributed by atoms with Crippen LogP contribution in [0.2, 0.25) is 0 Å². The molecular weight excluding hydrogens is 374 g/mol. The lowest BCUT2D eigenvalue weighted by atomic mass is 10.2. The van der Waals surface area contributed by atoms with Crippen molar-refractivity contribution in [3.8, 4) is 0 Å². The Morgan fingerprint density at radius 2 is 1.57 bits per heavy atom. The van der Waals surface area contributed by atoms with Gasteiger partial charge in [0.25, 0.3) is 5.91 Å². The Morgan fingerprint density at radius 1 is 0.800 bits per heavy atom. The van der Waals surface area contributed by atoms with Crippen molar-refractivity contribution in [2.75, 3.05) is 42.5 Å². The molecule has 2 aliphatic heterocycles. The maximum Gasteiger partial charge on any atom is 0.278 e. The Balaban J connectivity index is 1.20. The molecule has 152 valence electrons. The number of benzene rings is 2. The molecule has 6 heteroatoms. The Kier molecular flexibility index (Phi) is 5.15. The van der Waals surface area contributed by atoms with Gasteiger partial charge in [0, 0.05) is 45.0 Å². The molecule has 0 N–H and O–H groups in total. The molecule has 0 aliphatic carbocycles. The monoisotopic (exact) mass is 399 g/mol. The molecule has 30 heavy (non-hydrogen) atoms. The summed E-state index contributed by atoms with van der Waals surface area (Å²) in [7, 11) is 0. The average Bonchev–Trinajstić information content (AvgIpc) is 3.24. The topological polar surface area (TPSA) is 52.6 Å². The van der Waals surface area contributed by atoms with E-state index in [9.17, 15) is 4.79 Å². The van der Waals surface area contributed by atoms with Crippen molar-refractivity contribution >= 4 is 17.4 Å². The first kappa shape index (κ1) is 18.8. The van der Waals surface area contributed by atoms with Gasteiger partial charge in [-0.15, -0.1) is 10.2 Å². The van der Waals surface area contributed by atoms with Gasteiger partial charge in [-0.1, -0.05) is 48.5 Å². The highest BCUT2D eigenvalue weighted by atomic mass is 16.2. The fourth-order valence-electron chi connectivity index (χ4n) is 4.27. The number of piperazine rings is 1. The van der Waals surface area contributed by atoms with Gasteiger partial charge in [0.2, 0.25) is 0 Å². The summed E-state index contributed by atoms with van der Waals surface area (Å²) in [6.45, 7) is 5.47. The molecule has 1 fully saturated rings. The number of para-hydroxylation sites is 1. The Bertz CT molecular complexity index is 1010. The summed E-state index contributed by atoms with van der Waals surface area (Å²) >= 11 is 0. The van der Waals surface area contributed by atoms with Crippen LogP contribution >= 0.6 is 0 Å². The second-order valence-corrected chi connectivity index (χ2v) is 7.86. The second kappa shape index (κ2) is 8.24. The minimum atomic E-state index is -0.0771. The van der Waals surface area contributed by atoms with Crippen molar-refractivity contribution in [2.45, 2.75) is 13.0 Å². The highest BCUT2D eigenvalue weighted by Crippen LogP contribution is 2.28. The molecule has 1 saturated heterocycles. The molecule has 0 bridgehead atoms. The van der Waals surface area contributed by atoms with E-state index < -0.39 is 0 Å². The minimum absolute atomic E-state index is 0.0771. The molecule has 6 nitrogen and oxygen atoms in total. The first-order chi connectivity index (χ1) is 14.8. The Morgan fingerprint density at radius 3 is 2.33 bits per heavy atom. The SMILES string of the molecule is O=C(c1ccc(N2CCN(Cc3ccccc3)CC2)nn1)N1CCc2ccccc21. The van der Waals surface area contributed by atoms with E-state index in [1.807, 2.05) is 30.3 Å². The van der Waals surface area contributed by atoms with Crippen LogP contribution in [-0.2, 0) is 13.0 Å². The number of rotatable bonds is 4. The third kappa shape index (κ3) is 3.78. The van der Waals surface area contributed by atoms with Crippen molar-refractivity contribution in [1.29, 1.82) is 0 Å². The molecular formula is C24H25N5O. The van der Waals surface area contributed by atoms with E-state index in [1.54, 1.807) is 4.90 Å². The summed E-state index contributed by atoms with van der Waals surface area (Å²) in [5, 5.41) is 8.63. The highest BCUT2D eigenvalue weighted by Gasteiger charge is 2.26. The van der Waals surface area contributed by atoms with Gasteiger partial charge in [-0.25, -0.2) is 0 Å². The van der Waals surface area contributed by atoms with E-state index in [0.29, 0.717) is 12.2 Å². The number of amides is 1. The third-order valence-electron chi connectivity index (χ3n) is 5.95. The zero-order valence-electron chi connectivity index (χ0n) is 16.9. The van der Waals surface area contributed by atoms with Gasteiger partial charge < -0.3 is 9.80 Å². The predicted molar refractivity (Wildman–Crippen MR) is 118 cm³/mol. The molecule has 0 spiro atoms. The van der Waals surface area contributed by atoms with Crippen molar-refractivity contribution in [3.63, 3.8) is 0 Å². The van der Waals surface area contributed by atoms with Crippen LogP contribution in [0, 0.1) is 0 Å². The third-order valence-corrected chi connectivity index (χ3v) is 5.95. The van der Waals surface area contributed by atoms with Gasteiger partial charge in [0.05, 0.1) is 0 Å². The summed E-state index contributed by atoms with van der Waals surface area (Å²) in [6.07, 6.45) is 0.890. The number of hydrogen-bond donors (Lipinski definition) is 0. The lowest BCUT2D eigenvalue weighted by molar-refractivity contribution is 0.0983. The molecule has 3 heterocycles. The second-order valence-electron chi connectivity index (χ2n) is 7.86. The van der Waals surface area contributed by atoms with Crippen LogP contribution in [0.1, 0.15) is 21.6 Å². The summed E-state index contributed by atoms with van der Waals surface area (Å²) in [4.78, 5) is 19.4. The first-order valence-corrected chi connectivity index (χ1v) is 10.5. The minimum Gasteiger partial charge on any atom is -0.353 e. The molecule has 2 aromatic carbocycles. The maximum atomic E-state index is 12.9. The maximum absolute atomic E-state index is 12.9. The van der Waals surface area contributed by atoms with Gasteiger partial charge in [-0.3, -0.25) is 9.69 Å². The van der Waals surface area contributed by atoms with E-state index in [1.165, 1.54) is 11.1 Å². The number of carbonyl (C=O) groups excluding carboxylic acids is 1. The summed E-state index contributed by atoms with van der Waals surface area (Å²) < 4.78 is 0. The molecule has 0 saturated carbocycles. The van der Waals surface area contributed by atoms with Crippen molar-refractivity contribution in [2.24, 2.45) is 0 Å². The summed E-state index contributed by atoms with van der Waals surface area (Å²) in [5.41, 5.74) is 3.95. The first-order valence-electron chi connectivity index (χ1n) is 10.5. The lowest BCUT2D eigenvalue weighted by Gasteiger charge is -2.35. The molecule has 1 amide bonds. The standard InChI is InChI=1S/C24H25N5O/c30-24(29-13-12-20-8-4-5-9-22(20)29)21-10-11-23(26-25-21)28-16-14-27(15-17-28)18-19-6-2-1-3-7-19/h1-11H,12-18H2. The molecule has 1 aromatic heterocycles. The van der Waals surface area contributed by atoms with E-state index >= 15 is 0 Å². The van der Waals surface area contributed by atoms with Crippen molar-refractivity contribution < 1.29 is 4.79 Å². The summed E-state index contributed by atoms with van der Waals surface area (Å²) in [5.74, 6) is 0.763. The normalized spacial score (nSPS) is 16.5. The predicted octanol–water partition coefficient (Wildman–Crippen LogP) is 3.00. The number of nitrogens with zero attached hydrogens (tertiary/aromatic N) is 5. The number of anilines is 2. The van der Waals surface area contributed by atoms with Crippen LogP contribution in [0.15, 0.2) is 66.7 Å². The smallest absolute Gasteiger partial charge is 0.278 e. The number of hydrogen-bond acceptors (Lipinski definition) is 5. The van der Waals surface area contributed by atoms with E-state index in [-0.39, 0.29) is 5.91 Å². The van der Waals surface area contributed by atoms with Crippen LogP contribution in [0.5, 0.6) is 0 Å². The fourth-order valence-corrected chi connectivity index (χ4v) is 4.27. The van der Waals surface area contributed by atoms with Gasteiger partial charge in [-0.2, -0.15) is 0 Å². The van der Waals surface area contributed by atoms with Crippen LogP contribution in [0.4, 0.5) is 11.5 Å². The Hall–Kier alpha value is -3.25. The highest BCUT2D eigenvalue weighted by molar-refractivity contribution is 6.06. The van der Waals surface area contributed by atoms with Crippen molar-refractivity contribution in [1.82, 2.24) is 15.1 Å². The van der Waals surface area contributed by atoms with Crippen LogP contribution in [-0.4, -0.2) is 53.7 Å². The molecule has 0 unspecified atom stereocenters. The zero-order valence-corrected chi connectivity index (χ0v) is 16.9. The lowest BCUT2D eigenvalue weighted by Crippen LogP contribution is -2.46. The molecule has 0 radical (unpaired) electrons. The quantitative estimate of drug-likeness (QED) is 0.675. The Labute approximate surface area is 176 Å².